The van der Waals surface area contributed by atoms with Crippen LogP contribution in [0.5, 0.6) is 5.75 Å². The van der Waals surface area contributed by atoms with E-state index in [0.717, 1.165) is 11.8 Å². The van der Waals surface area contributed by atoms with Gasteiger partial charge >= 0.3 is 0 Å². The third-order valence-electron chi connectivity index (χ3n) is 6.64. The van der Waals surface area contributed by atoms with Gasteiger partial charge in [-0.1, -0.05) is 59.6 Å². The van der Waals surface area contributed by atoms with E-state index >= 15 is 0 Å². The average molecular weight is 649 g/mol. The first kappa shape index (κ1) is 34.2. The topological polar surface area (TPSA) is 96.0 Å². The Morgan fingerprint density at radius 1 is 0.977 bits per heavy atom. The Bertz CT molecular complexity index is 1490. The molecular weight excluding hydrogens is 609 g/mol. The molecule has 0 aliphatic heterocycles. The van der Waals surface area contributed by atoms with E-state index in [9.17, 15) is 18.0 Å². The molecule has 0 bridgehead atoms. The summed E-state index contributed by atoms with van der Waals surface area (Å²) in [5, 5.41) is 3.86. The van der Waals surface area contributed by atoms with Gasteiger partial charge in [0.2, 0.25) is 21.8 Å². The van der Waals surface area contributed by atoms with E-state index in [0.29, 0.717) is 27.0 Å². The van der Waals surface area contributed by atoms with Crippen molar-refractivity contribution in [3.05, 3.63) is 94.0 Å². The lowest BCUT2D eigenvalue weighted by Gasteiger charge is -2.34. The van der Waals surface area contributed by atoms with E-state index in [1.165, 1.54) is 16.3 Å². The molecule has 0 aliphatic rings. The first-order valence-electron chi connectivity index (χ1n) is 13.9. The second-order valence-electron chi connectivity index (χ2n) is 11.3. The van der Waals surface area contributed by atoms with E-state index in [1.54, 1.807) is 42.5 Å². The molecule has 0 saturated heterocycles. The molecule has 1 unspecified atom stereocenters. The predicted octanol–water partition coefficient (Wildman–Crippen LogP) is 6.10. The molecule has 2 amide bonds. The summed E-state index contributed by atoms with van der Waals surface area (Å²) < 4.78 is 31.8. The molecule has 3 aromatic carbocycles. The van der Waals surface area contributed by atoms with Crippen LogP contribution in [0.15, 0.2) is 72.8 Å². The second-order valence-corrected chi connectivity index (χ2v) is 14.1. The first-order valence-corrected chi connectivity index (χ1v) is 16.5. The quantitative estimate of drug-likeness (QED) is 0.242. The number of nitrogens with one attached hydrogen (secondary N) is 1. The molecule has 0 aliphatic carbocycles. The first-order chi connectivity index (χ1) is 20.2. The zero-order valence-corrected chi connectivity index (χ0v) is 27.5. The number of rotatable bonds is 13. The van der Waals surface area contributed by atoms with Gasteiger partial charge in [-0.2, -0.15) is 0 Å². The normalized spacial score (nSPS) is 12.3. The maximum absolute atomic E-state index is 14.0. The summed E-state index contributed by atoms with van der Waals surface area (Å²) in [6.45, 7) is 5.78. The fourth-order valence-corrected chi connectivity index (χ4v) is 6.03. The monoisotopic (exact) mass is 647 g/mol. The van der Waals surface area contributed by atoms with E-state index in [-0.39, 0.29) is 44.2 Å². The summed E-state index contributed by atoms with van der Waals surface area (Å²) in [5.41, 5.74) is 1.45. The third kappa shape index (κ3) is 10.4. The summed E-state index contributed by atoms with van der Waals surface area (Å²) >= 11 is 12.6. The summed E-state index contributed by atoms with van der Waals surface area (Å²) in [6, 6.07) is 20.3. The van der Waals surface area contributed by atoms with Crippen LogP contribution in [-0.4, -0.2) is 56.6 Å². The summed E-state index contributed by atoms with van der Waals surface area (Å²) in [7, 11) is -2.10. The minimum Gasteiger partial charge on any atom is -0.497 e. The molecule has 0 spiro atoms. The van der Waals surface area contributed by atoms with Crippen molar-refractivity contribution in [1.82, 2.24) is 10.2 Å². The Hall–Kier alpha value is -3.27. The fourth-order valence-electron chi connectivity index (χ4n) is 4.59. The molecule has 1 atom stereocenters. The van der Waals surface area contributed by atoms with Crippen LogP contribution in [0.3, 0.4) is 0 Å². The number of carbonyl (C=O) groups excluding carboxylic acids is 2. The van der Waals surface area contributed by atoms with Crippen LogP contribution in [0.4, 0.5) is 5.69 Å². The molecule has 11 heteroatoms. The number of methoxy groups -OCH3 is 1. The van der Waals surface area contributed by atoms with Gasteiger partial charge in [-0.25, -0.2) is 8.42 Å². The van der Waals surface area contributed by atoms with Crippen molar-refractivity contribution in [2.24, 2.45) is 0 Å². The Morgan fingerprint density at radius 2 is 1.63 bits per heavy atom. The molecule has 0 fully saturated rings. The largest absolute Gasteiger partial charge is 0.497 e. The average Bonchev–Trinajstić information content (AvgIpc) is 2.93. The lowest BCUT2D eigenvalue weighted by atomic mass is 10.00. The van der Waals surface area contributed by atoms with E-state index in [4.69, 9.17) is 27.9 Å². The predicted molar refractivity (Wildman–Crippen MR) is 173 cm³/mol. The van der Waals surface area contributed by atoms with Crippen LogP contribution in [0.1, 0.15) is 44.7 Å². The van der Waals surface area contributed by atoms with Gasteiger partial charge in [0.25, 0.3) is 0 Å². The van der Waals surface area contributed by atoms with Gasteiger partial charge in [0, 0.05) is 41.5 Å². The van der Waals surface area contributed by atoms with E-state index in [2.05, 4.69) is 5.32 Å². The highest BCUT2D eigenvalue weighted by molar-refractivity contribution is 7.92. The van der Waals surface area contributed by atoms with E-state index in [1.807, 2.05) is 51.1 Å². The van der Waals surface area contributed by atoms with Crippen LogP contribution < -0.4 is 14.4 Å². The molecular formula is C32H39Cl2N3O5S. The van der Waals surface area contributed by atoms with Crippen molar-refractivity contribution in [1.29, 1.82) is 0 Å². The molecule has 3 rings (SSSR count). The number of halogens is 2. The lowest BCUT2D eigenvalue weighted by Crippen LogP contribution is -2.54. The number of anilines is 1. The molecule has 0 saturated carbocycles. The number of hydrogen-bond donors (Lipinski definition) is 1. The highest BCUT2D eigenvalue weighted by atomic mass is 35.5. The zero-order valence-electron chi connectivity index (χ0n) is 25.1. The maximum Gasteiger partial charge on any atom is 0.243 e. The SMILES string of the molecule is COc1ccc(N(CCCC(=O)N(Cc2ccc(Cl)cc2Cl)C(Cc2ccccc2)C(=O)NC(C)(C)C)S(C)(=O)=O)cc1. The van der Waals surface area contributed by atoms with Crippen molar-refractivity contribution in [2.45, 2.75) is 58.2 Å². The van der Waals surface area contributed by atoms with Gasteiger partial charge in [0.05, 0.1) is 19.1 Å². The fraction of sp³-hybridized carbons (Fsp3) is 0.375. The Labute approximate surface area is 265 Å². The smallest absolute Gasteiger partial charge is 0.243 e. The number of ether oxygens (including phenoxy) is 1. The van der Waals surface area contributed by atoms with Gasteiger partial charge in [0.15, 0.2) is 0 Å². The Morgan fingerprint density at radius 3 is 2.19 bits per heavy atom. The number of amides is 2. The number of sulfonamides is 1. The summed E-state index contributed by atoms with van der Waals surface area (Å²) in [4.78, 5) is 29.2. The third-order valence-corrected chi connectivity index (χ3v) is 8.42. The minimum absolute atomic E-state index is 0.00146. The molecule has 0 radical (unpaired) electrons. The van der Waals surface area contributed by atoms with Crippen LogP contribution >= 0.6 is 23.2 Å². The van der Waals surface area contributed by atoms with Crippen LogP contribution in [0, 0.1) is 0 Å². The molecule has 8 nitrogen and oxygen atoms in total. The van der Waals surface area contributed by atoms with Crippen LogP contribution in [0.2, 0.25) is 10.0 Å². The lowest BCUT2D eigenvalue weighted by molar-refractivity contribution is -0.142. The number of carbonyl (C=O) groups is 2. The Balaban J connectivity index is 1.92. The van der Waals surface area contributed by atoms with Crippen molar-refractivity contribution < 1.29 is 22.7 Å². The second kappa shape index (κ2) is 14.9. The summed E-state index contributed by atoms with van der Waals surface area (Å²) in [6.07, 6.45) is 1.63. The van der Waals surface area contributed by atoms with Crippen LogP contribution in [0.25, 0.3) is 0 Å². The van der Waals surface area contributed by atoms with Gasteiger partial charge < -0.3 is 15.0 Å². The highest BCUT2D eigenvalue weighted by Gasteiger charge is 2.32. The van der Waals surface area contributed by atoms with Gasteiger partial charge in [-0.05, 0) is 74.7 Å². The van der Waals surface area contributed by atoms with Gasteiger partial charge in [0.1, 0.15) is 11.8 Å². The van der Waals surface area contributed by atoms with Gasteiger partial charge in [-0.15, -0.1) is 0 Å². The van der Waals surface area contributed by atoms with Crippen molar-refractivity contribution >= 4 is 50.7 Å². The molecule has 232 valence electrons. The number of benzene rings is 3. The van der Waals surface area contributed by atoms with Crippen molar-refractivity contribution in [3.8, 4) is 5.75 Å². The highest BCUT2D eigenvalue weighted by Crippen LogP contribution is 2.26. The summed E-state index contributed by atoms with van der Waals surface area (Å²) in [5.74, 6) is -0.00755. The molecule has 0 aromatic heterocycles. The zero-order chi connectivity index (χ0) is 31.8. The number of nitrogens with zero attached hydrogens (tertiary/aromatic N) is 2. The van der Waals surface area contributed by atoms with Crippen molar-refractivity contribution in [2.75, 3.05) is 24.2 Å². The molecule has 43 heavy (non-hydrogen) atoms. The molecule has 1 N–H and O–H groups in total. The standard InChI is InChI=1S/C32H39Cl2N3O5S/c1-32(2,3)35-31(39)29(20-23-10-7-6-8-11-23)36(22-24-13-14-25(33)21-28(24)34)30(38)12-9-19-37(43(5,40)41)26-15-17-27(42-4)18-16-26/h6-8,10-11,13-18,21,29H,9,12,19-20,22H2,1-5H3,(H,35,39). The number of hydrogen-bond acceptors (Lipinski definition) is 5. The van der Waals surface area contributed by atoms with Crippen molar-refractivity contribution in [3.63, 3.8) is 0 Å². The van der Waals surface area contributed by atoms with Crippen LogP contribution in [-0.2, 0) is 32.6 Å². The minimum atomic E-state index is -3.63. The molecule has 0 heterocycles. The van der Waals surface area contributed by atoms with Gasteiger partial charge in [-0.3, -0.25) is 13.9 Å². The molecule has 3 aromatic rings. The maximum atomic E-state index is 14.0. The Kier molecular flexibility index (Phi) is 11.9. The van der Waals surface area contributed by atoms with E-state index < -0.39 is 21.6 Å².